The molecule has 0 bridgehead atoms. The summed E-state index contributed by atoms with van der Waals surface area (Å²) in [7, 11) is 2.61. The molecule has 0 aliphatic heterocycles. The maximum absolute atomic E-state index is 11.5. The molecule has 0 N–H and O–H groups in total. The van der Waals surface area contributed by atoms with Crippen LogP contribution in [0.5, 0.6) is 0 Å². The molecule has 32 heavy (non-hydrogen) atoms. The molecule has 0 atom stereocenters. The van der Waals surface area contributed by atoms with Gasteiger partial charge in [0.2, 0.25) is 0 Å². The van der Waals surface area contributed by atoms with Crippen molar-refractivity contribution in [2.75, 3.05) is 19.2 Å². The van der Waals surface area contributed by atoms with Crippen LogP contribution in [0.3, 0.4) is 0 Å². The van der Waals surface area contributed by atoms with Crippen LogP contribution in [0.25, 0.3) is 0 Å². The van der Waals surface area contributed by atoms with E-state index in [0.29, 0.717) is 11.1 Å². The Balaban J connectivity index is 0.000000561. The summed E-state index contributed by atoms with van der Waals surface area (Å²) in [5, 5.41) is 20.8. The molecule has 0 saturated carbocycles. The van der Waals surface area contributed by atoms with Crippen molar-refractivity contribution >= 4 is 45.9 Å². The van der Waals surface area contributed by atoms with Crippen molar-refractivity contribution in [3.63, 3.8) is 0 Å². The van der Waals surface area contributed by atoms with Crippen molar-refractivity contribution in [3.8, 4) is 0 Å². The van der Waals surface area contributed by atoms with Gasteiger partial charge in [-0.25, -0.2) is 0 Å². The molecular formula is C21H25IN2O8. The molecular weight excluding hydrogens is 535 g/mol. The highest BCUT2D eigenvalue weighted by molar-refractivity contribution is 14.1. The largest absolute Gasteiger partial charge is 0.469 e. The highest BCUT2D eigenvalue weighted by Gasteiger charge is 2.31. The summed E-state index contributed by atoms with van der Waals surface area (Å²) >= 11 is 2.15. The lowest BCUT2D eigenvalue weighted by molar-refractivity contribution is -0.385. The fraction of sp³-hybridized carbons (Fsp3) is 0.333. The highest BCUT2D eigenvalue weighted by atomic mass is 127. The fourth-order valence-corrected chi connectivity index (χ4v) is 2.35. The molecule has 0 aliphatic carbocycles. The van der Waals surface area contributed by atoms with Gasteiger partial charge in [-0.05, 0) is 29.9 Å². The maximum Gasteiger partial charge on any atom is 0.315 e. The Bertz CT molecular complexity index is 912. The van der Waals surface area contributed by atoms with E-state index < -0.39 is 15.3 Å². The lowest BCUT2D eigenvalue weighted by Gasteiger charge is -2.21. The van der Waals surface area contributed by atoms with Gasteiger partial charge in [0.05, 0.1) is 35.9 Å². The molecule has 0 aliphatic rings. The molecule has 0 saturated heterocycles. The van der Waals surface area contributed by atoms with E-state index >= 15 is 0 Å². The normalized spacial score (nSPS) is 9.81. The zero-order valence-corrected chi connectivity index (χ0v) is 20.5. The van der Waals surface area contributed by atoms with Crippen LogP contribution in [0.4, 0.5) is 11.4 Å². The van der Waals surface area contributed by atoms with Gasteiger partial charge in [0.15, 0.2) is 0 Å². The molecule has 0 aromatic heterocycles. The second-order valence-electron chi connectivity index (χ2n) is 6.60. The lowest BCUT2D eigenvalue weighted by Crippen LogP contribution is -2.30. The molecule has 0 amide bonds. The minimum absolute atomic E-state index is 0.00409. The lowest BCUT2D eigenvalue weighted by atomic mass is 9.85. The third kappa shape index (κ3) is 8.96. The van der Waals surface area contributed by atoms with Crippen LogP contribution < -0.4 is 0 Å². The van der Waals surface area contributed by atoms with E-state index in [0.717, 1.165) is 0 Å². The molecule has 0 fully saturated rings. The molecule has 11 heteroatoms. The van der Waals surface area contributed by atoms with Gasteiger partial charge in [0, 0.05) is 24.3 Å². The monoisotopic (exact) mass is 560 g/mol. The summed E-state index contributed by atoms with van der Waals surface area (Å²) in [6.45, 7) is 3.42. The third-order valence-electron chi connectivity index (χ3n) is 4.22. The predicted octanol–water partition coefficient (Wildman–Crippen LogP) is 4.41. The van der Waals surface area contributed by atoms with E-state index in [1.807, 2.05) is 4.93 Å². The zero-order valence-electron chi connectivity index (χ0n) is 18.4. The summed E-state index contributed by atoms with van der Waals surface area (Å²) in [6, 6.07) is 11.7. The minimum Gasteiger partial charge on any atom is -0.469 e. The number of nitro groups is 2. The Morgan fingerprint density at radius 1 is 0.844 bits per heavy atom. The molecule has 2 aromatic carbocycles. The maximum atomic E-state index is 11.5. The molecule has 0 radical (unpaired) electrons. The van der Waals surface area contributed by atoms with Gasteiger partial charge in [-0.15, -0.1) is 0 Å². The summed E-state index contributed by atoms with van der Waals surface area (Å²) in [6.07, 6.45) is 0.133. The van der Waals surface area contributed by atoms with Gasteiger partial charge in [-0.1, -0.05) is 46.9 Å². The number of ether oxygens (including phenoxy) is 2. The molecule has 10 nitrogen and oxygen atoms in total. The second kappa shape index (κ2) is 14.1. The quantitative estimate of drug-likeness (QED) is 0.167. The first-order valence-corrected chi connectivity index (χ1v) is 11.2. The van der Waals surface area contributed by atoms with Crippen LogP contribution in [-0.4, -0.2) is 40.9 Å². The van der Waals surface area contributed by atoms with Crippen LogP contribution in [0.2, 0.25) is 0 Å². The van der Waals surface area contributed by atoms with Crippen molar-refractivity contribution < 1.29 is 28.9 Å². The van der Waals surface area contributed by atoms with Gasteiger partial charge in [0.1, 0.15) is 0 Å². The van der Waals surface area contributed by atoms with Crippen LogP contribution in [0.1, 0.15) is 25.0 Å². The van der Waals surface area contributed by atoms with E-state index in [4.69, 9.17) is 0 Å². The van der Waals surface area contributed by atoms with Crippen LogP contribution >= 0.6 is 22.6 Å². The van der Waals surface area contributed by atoms with Crippen molar-refractivity contribution in [3.05, 3.63) is 79.9 Å². The Kier molecular flexibility index (Phi) is 12.7. The number of carbonyl (C=O) groups is 2. The van der Waals surface area contributed by atoms with E-state index in [1.54, 1.807) is 26.0 Å². The smallest absolute Gasteiger partial charge is 0.315 e. The number of rotatable bonds is 6. The number of carbonyl (C=O) groups excluding carboxylic acids is 2. The zero-order chi connectivity index (χ0) is 24.9. The second-order valence-corrected chi connectivity index (χ2v) is 6.60. The number of benzene rings is 2. The molecule has 0 spiro atoms. The summed E-state index contributed by atoms with van der Waals surface area (Å²) in [5.41, 5.74) is 0.597. The topological polar surface area (TPSA) is 139 Å². The van der Waals surface area contributed by atoms with Gasteiger partial charge in [-0.3, -0.25) is 29.8 Å². The number of hydrogen-bond acceptors (Lipinski definition) is 8. The molecule has 0 heterocycles. The Morgan fingerprint density at radius 3 is 1.59 bits per heavy atom. The number of non-ortho nitro benzene ring substituents is 2. The first-order chi connectivity index (χ1) is 15.0. The summed E-state index contributed by atoms with van der Waals surface area (Å²) < 4.78 is 9.13. The molecule has 174 valence electrons. The number of esters is 2. The SMILES string of the molecule is CI.COC(=O)C(C)(C)c1ccc([N+](=O)[O-])cc1.COC(=O)Cc1ccc([N+](=O)[O-])cc1. The average Bonchev–Trinajstić information content (AvgIpc) is 2.80. The van der Waals surface area contributed by atoms with E-state index in [-0.39, 0.29) is 29.7 Å². The van der Waals surface area contributed by atoms with Crippen molar-refractivity contribution in [1.29, 1.82) is 0 Å². The molecule has 2 aromatic rings. The Labute approximate surface area is 199 Å². The summed E-state index contributed by atoms with van der Waals surface area (Å²) in [4.78, 5) is 44.1. The van der Waals surface area contributed by atoms with E-state index in [2.05, 4.69) is 32.1 Å². The van der Waals surface area contributed by atoms with Gasteiger partial charge in [-0.2, -0.15) is 0 Å². The van der Waals surface area contributed by atoms with Gasteiger partial charge < -0.3 is 9.47 Å². The standard InChI is InChI=1S/C11H13NO4.C9H9NO4.CH3I/c1-11(2,10(13)16-3)8-4-6-9(7-5-8)12(14)15;1-14-9(11)6-7-2-4-8(5-3-7)10(12)13;1-2/h4-7H,1-3H3;2-5H,6H2,1H3;1H3. The van der Waals surface area contributed by atoms with Crippen molar-refractivity contribution in [1.82, 2.24) is 0 Å². The van der Waals surface area contributed by atoms with Crippen LogP contribution in [0.15, 0.2) is 48.5 Å². The Hall–Kier alpha value is -3.09. The highest BCUT2D eigenvalue weighted by Crippen LogP contribution is 2.26. The first-order valence-electron chi connectivity index (χ1n) is 9.04. The third-order valence-corrected chi connectivity index (χ3v) is 4.22. The Morgan fingerprint density at radius 2 is 1.25 bits per heavy atom. The average molecular weight is 560 g/mol. The van der Waals surface area contributed by atoms with Crippen LogP contribution in [-0.2, 0) is 30.9 Å². The van der Waals surface area contributed by atoms with Gasteiger partial charge in [0.25, 0.3) is 11.4 Å². The number of nitro benzene ring substituents is 2. The molecule has 2 rings (SSSR count). The number of nitrogens with zero attached hydrogens (tertiary/aromatic N) is 2. The van der Waals surface area contributed by atoms with Crippen LogP contribution in [0, 0.1) is 20.2 Å². The number of hydrogen-bond donors (Lipinski definition) is 0. The number of halogens is 1. The van der Waals surface area contributed by atoms with E-state index in [9.17, 15) is 29.8 Å². The minimum atomic E-state index is -0.802. The predicted molar refractivity (Wildman–Crippen MR) is 127 cm³/mol. The molecule has 0 unspecified atom stereocenters. The van der Waals surface area contributed by atoms with Crippen molar-refractivity contribution in [2.24, 2.45) is 0 Å². The number of methoxy groups -OCH3 is 2. The van der Waals surface area contributed by atoms with E-state index in [1.165, 1.54) is 50.6 Å². The van der Waals surface area contributed by atoms with Crippen molar-refractivity contribution in [2.45, 2.75) is 25.7 Å². The van der Waals surface area contributed by atoms with Gasteiger partial charge >= 0.3 is 11.9 Å². The first kappa shape index (κ1) is 28.9. The number of alkyl halides is 1. The fourth-order valence-electron chi connectivity index (χ4n) is 2.35. The summed E-state index contributed by atoms with van der Waals surface area (Å²) in [5.74, 6) is -0.736.